The van der Waals surface area contributed by atoms with Crippen LogP contribution >= 0.6 is 0 Å². The number of aliphatic hydroxyl groups is 1. The lowest BCUT2D eigenvalue weighted by molar-refractivity contribution is -0.384. The van der Waals surface area contributed by atoms with Gasteiger partial charge >= 0.3 is 0 Å². The minimum absolute atomic E-state index is 0.384. The molecule has 0 saturated carbocycles. The fraction of sp³-hybridized carbons (Fsp3) is 0.118. The van der Waals surface area contributed by atoms with Crippen molar-refractivity contribution in [3.63, 3.8) is 0 Å². The van der Waals surface area contributed by atoms with E-state index in [2.05, 4.69) is 15.5 Å². The predicted octanol–water partition coefficient (Wildman–Crippen LogP) is 3.66. The van der Waals surface area contributed by atoms with Crippen LogP contribution in [0, 0.1) is 17.0 Å². The van der Waals surface area contributed by atoms with Crippen molar-refractivity contribution in [2.75, 3.05) is 5.32 Å². The SMILES string of the molecule is C/C(O)=C(/N=Nc1ccc(S(=O)(=O)O)cc1[N+](=O)[O-])C(=O)Nc1ccccc1C. The second kappa shape index (κ2) is 8.58. The summed E-state index contributed by atoms with van der Waals surface area (Å²) in [5, 5.41) is 30.6. The van der Waals surface area contributed by atoms with Crippen LogP contribution in [0.4, 0.5) is 17.1 Å². The summed E-state index contributed by atoms with van der Waals surface area (Å²) >= 11 is 0. The fourth-order valence-corrected chi connectivity index (χ4v) is 2.68. The summed E-state index contributed by atoms with van der Waals surface area (Å²) in [6.07, 6.45) is 0. The van der Waals surface area contributed by atoms with E-state index in [1.807, 2.05) is 0 Å². The zero-order valence-corrected chi connectivity index (χ0v) is 16.0. The van der Waals surface area contributed by atoms with Crippen LogP contribution in [0.15, 0.2) is 69.0 Å². The van der Waals surface area contributed by atoms with E-state index < -0.39 is 43.0 Å². The number of benzene rings is 2. The molecule has 0 aromatic heterocycles. The van der Waals surface area contributed by atoms with Gasteiger partial charge in [0.05, 0.1) is 4.92 Å². The lowest BCUT2D eigenvalue weighted by atomic mass is 10.2. The Kier molecular flexibility index (Phi) is 6.41. The van der Waals surface area contributed by atoms with Gasteiger partial charge in [0, 0.05) is 11.8 Å². The molecule has 0 atom stereocenters. The summed E-state index contributed by atoms with van der Waals surface area (Å²) in [6.45, 7) is 2.94. The number of rotatable bonds is 6. The zero-order chi connectivity index (χ0) is 21.8. The van der Waals surface area contributed by atoms with Gasteiger partial charge in [0.25, 0.3) is 21.7 Å². The molecule has 0 heterocycles. The van der Waals surface area contributed by atoms with Gasteiger partial charge in [-0.15, -0.1) is 10.2 Å². The lowest BCUT2D eigenvalue weighted by Crippen LogP contribution is -2.15. The first kappa shape index (κ1) is 21.7. The molecule has 3 N–H and O–H groups in total. The number of nitrogens with zero attached hydrogens (tertiary/aromatic N) is 3. The lowest BCUT2D eigenvalue weighted by Gasteiger charge is -2.08. The molecule has 29 heavy (non-hydrogen) atoms. The average Bonchev–Trinajstić information content (AvgIpc) is 2.62. The normalized spacial score (nSPS) is 12.5. The number of para-hydroxylation sites is 1. The number of nitro groups is 1. The molecular weight excluding hydrogens is 404 g/mol. The largest absolute Gasteiger partial charge is 0.510 e. The van der Waals surface area contributed by atoms with E-state index in [4.69, 9.17) is 4.55 Å². The number of allylic oxidation sites excluding steroid dienone is 1. The maximum absolute atomic E-state index is 12.4. The monoisotopic (exact) mass is 420 g/mol. The van der Waals surface area contributed by atoms with Crippen molar-refractivity contribution in [2.45, 2.75) is 18.7 Å². The summed E-state index contributed by atoms with van der Waals surface area (Å²) in [4.78, 5) is 22.0. The van der Waals surface area contributed by atoms with Crippen molar-refractivity contribution < 1.29 is 27.8 Å². The van der Waals surface area contributed by atoms with Crippen molar-refractivity contribution in [1.82, 2.24) is 0 Å². The second-order valence-electron chi connectivity index (χ2n) is 5.79. The average molecular weight is 420 g/mol. The minimum Gasteiger partial charge on any atom is -0.510 e. The van der Waals surface area contributed by atoms with Gasteiger partial charge in [0.2, 0.25) is 0 Å². The molecule has 12 heteroatoms. The molecule has 0 radical (unpaired) electrons. The Hall–Kier alpha value is -3.64. The van der Waals surface area contributed by atoms with Crippen LogP contribution in [-0.4, -0.2) is 28.9 Å². The number of nitrogens with one attached hydrogen (secondary N) is 1. The summed E-state index contributed by atoms with van der Waals surface area (Å²) < 4.78 is 31.3. The quantitative estimate of drug-likeness (QED) is 0.160. The minimum atomic E-state index is -4.66. The van der Waals surface area contributed by atoms with Gasteiger partial charge < -0.3 is 10.4 Å². The molecule has 1 amide bonds. The molecule has 0 bridgehead atoms. The third-order valence-electron chi connectivity index (χ3n) is 3.65. The molecule has 2 rings (SSSR count). The Morgan fingerprint density at radius 1 is 1.21 bits per heavy atom. The number of hydrogen-bond donors (Lipinski definition) is 3. The molecule has 11 nitrogen and oxygen atoms in total. The number of carbonyl (C=O) groups is 1. The summed E-state index contributed by atoms with van der Waals surface area (Å²) in [7, 11) is -4.66. The number of amides is 1. The van der Waals surface area contributed by atoms with Crippen LogP contribution < -0.4 is 5.32 Å². The number of hydrogen-bond acceptors (Lipinski definition) is 8. The van der Waals surface area contributed by atoms with E-state index in [-0.39, 0.29) is 5.69 Å². The number of anilines is 1. The van der Waals surface area contributed by atoms with Gasteiger partial charge in [-0.2, -0.15) is 8.42 Å². The number of aliphatic hydroxyl groups excluding tert-OH is 1. The molecule has 0 unspecified atom stereocenters. The van der Waals surface area contributed by atoms with Crippen LogP contribution in [-0.2, 0) is 14.9 Å². The molecule has 0 fully saturated rings. The fourth-order valence-electron chi connectivity index (χ4n) is 2.18. The van der Waals surface area contributed by atoms with Gasteiger partial charge in [-0.3, -0.25) is 19.5 Å². The summed E-state index contributed by atoms with van der Waals surface area (Å²) in [5.74, 6) is -1.29. The predicted molar refractivity (Wildman–Crippen MR) is 103 cm³/mol. The smallest absolute Gasteiger partial charge is 0.298 e. The molecule has 0 aliphatic carbocycles. The van der Waals surface area contributed by atoms with Crippen molar-refractivity contribution in [3.05, 3.63) is 69.6 Å². The van der Waals surface area contributed by atoms with Gasteiger partial charge in [-0.05, 0) is 37.6 Å². The molecule has 0 aliphatic heterocycles. The first-order valence-electron chi connectivity index (χ1n) is 7.95. The first-order valence-corrected chi connectivity index (χ1v) is 9.39. The Morgan fingerprint density at radius 2 is 1.86 bits per heavy atom. The van der Waals surface area contributed by atoms with Gasteiger partial charge in [0.15, 0.2) is 11.4 Å². The Morgan fingerprint density at radius 3 is 2.41 bits per heavy atom. The van der Waals surface area contributed by atoms with Crippen LogP contribution in [0.3, 0.4) is 0 Å². The van der Waals surface area contributed by atoms with Crippen LogP contribution in [0.1, 0.15) is 12.5 Å². The molecule has 0 spiro atoms. The summed E-state index contributed by atoms with van der Waals surface area (Å²) in [6, 6.07) is 9.29. The van der Waals surface area contributed by atoms with Crippen molar-refractivity contribution in [3.8, 4) is 0 Å². The maximum Gasteiger partial charge on any atom is 0.298 e. The van der Waals surface area contributed by atoms with Crippen molar-refractivity contribution in [2.24, 2.45) is 10.2 Å². The molecule has 152 valence electrons. The van der Waals surface area contributed by atoms with Crippen molar-refractivity contribution in [1.29, 1.82) is 0 Å². The number of aryl methyl sites for hydroxylation is 1. The summed E-state index contributed by atoms with van der Waals surface area (Å²) in [5.41, 5.74) is -0.427. The Bertz CT molecular complexity index is 1140. The highest BCUT2D eigenvalue weighted by molar-refractivity contribution is 7.85. The van der Waals surface area contributed by atoms with E-state index in [0.29, 0.717) is 11.8 Å². The molecular formula is C17H16N4O7S. The third kappa shape index (κ3) is 5.43. The van der Waals surface area contributed by atoms with E-state index in [1.54, 1.807) is 31.2 Å². The first-order chi connectivity index (χ1) is 13.5. The molecule has 2 aromatic carbocycles. The van der Waals surface area contributed by atoms with Crippen molar-refractivity contribution >= 4 is 33.1 Å². The topological polar surface area (TPSA) is 172 Å². The van der Waals surface area contributed by atoms with Gasteiger partial charge in [-0.1, -0.05) is 18.2 Å². The zero-order valence-electron chi connectivity index (χ0n) is 15.2. The van der Waals surface area contributed by atoms with E-state index in [9.17, 15) is 28.4 Å². The molecule has 0 saturated heterocycles. The van der Waals surface area contributed by atoms with Crippen LogP contribution in [0.2, 0.25) is 0 Å². The number of azo groups is 1. The van der Waals surface area contributed by atoms with E-state index in [0.717, 1.165) is 17.7 Å². The molecule has 2 aromatic rings. The molecule has 0 aliphatic rings. The van der Waals surface area contributed by atoms with Crippen LogP contribution in [0.25, 0.3) is 0 Å². The Labute approximate surface area is 165 Å². The standard InChI is InChI=1S/C17H16N4O7S/c1-10-5-3-4-6-13(10)18-17(23)16(11(2)22)20-19-14-8-7-12(29(26,27)28)9-15(14)21(24)25/h3-9,22H,1-2H3,(H,18,23)(H,26,27,28)/b16-11-,20-19?. The highest BCUT2D eigenvalue weighted by Crippen LogP contribution is 2.31. The number of nitro benzene ring substituents is 1. The highest BCUT2D eigenvalue weighted by Gasteiger charge is 2.21. The maximum atomic E-state index is 12.4. The van der Waals surface area contributed by atoms with E-state index >= 15 is 0 Å². The third-order valence-corrected chi connectivity index (χ3v) is 4.50. The van der Waals surface area contributed by atoms with E-state index in [1.165, 1.54) is 6.92 Å². The van der Waals surface area contributed by atoms with Crippen LogP contribution in [0.5, 0.6) is 0 Å². The van der Waals surface area contributed by atoms with Gasteiger partial charge in [-0.25, -0.2) is 0 Å². The highest BCUT2D eigenvalue weighted by atomic mass is 32.2. The second-order valence-corrected chi connectivity index (χ2v) is 7.21. The van der Waals surface area contributed by atoms with Gasteiger partial charge in [0.1, 0.15) is 10.7 Å². The number of carbonyl (C=O) groups excluding carboxylic acids is 1. The Balaban J connectivity index is 2.39.